The number of rotatable bonds is 6. The molecule has 5 nitrogen and oxygen atoms in total. The van der Waals surface area contributed by atoms with Gasteiger partial charge in [-0.25, -0.2) is 4.39 Å². The molecule has 0 radical (unpaired) electrons. The van der Waals surface area contributed by atoms with Gasteiger partial charge in [-0.3, -0.25) is 9.59 Å². The van der Waals surface area contributed by atoms with Crippen LogP contribution in [0.15, 0.2) is 71.2 Å². The quantitative estimate of drug-likeness (QED) is 0.548. The summed E-state index contributed by atoms with van der Waals surface area (Å²) in [6.07, 6.45) is 0.646. The van der Waals surface area contributed by atoms with E-state index in [1.165, 1.54) is 24.3 Å². The van der Waals surface area contributed by atoms with Gasteiger partial charge in [-0.1, -0.05) is 34.1 Å². The van der Waals surface area contributed by atoms with Crippen LogP contribution in [-0.2, 0) is 17.8 Å². The molecule has 3 aromatic carbocycles. The van der Waals surface area contributed by atoms with Crippen LogP contribution in [0.5, 0.6) is 5.75 Å². The van der Waals surface area contributed by atoms with Gasteiger partial charge in [0.15, 0.2) is 6.61 Å². The predicted molar refractivity (Wildman–Crippen MR) is 120 cm³/mol. The molecule has 7 heteroatoms. The number of amides is 2. The van der Waals surface area contributed by atoms with E-state index in [1.807, 2.05) is 29.2 Å². The van der Waals surface area contributed by atoms with Gasteiger partial charge in [0.05, 0.1) is 0 Å². The SMILES string of the molecule is O=C(COc1cccc2c1CCN(Cc1ccc(Br)cc1)C2=O)Nc1ccc(F)cc1. The Kier molecular flexibility index (Phi) is 6.32. The molecule has 1 N–H and O–H groups in total. The second-order valence-electron chi connectivity index (χ2n) is 7.23. The van der Waals surface area contributed by atoms with Crippen molar-refractivity contribution in [3.63, 3.8) is 0 Å². The van der Waals surface area contributed by atoms with Crippen molar-refractivity contribution in [1.29, 1.82) is 0 Å². The van der Waals surface area contributed by atoms with E-state index in [0.29, 0.717) is 36.5 Å². The predicted octanol–water partition coefficient (Wildman–Crippen LogP) is 4.80. The van der Waals surface area contributed by atoms with Crippen molar-refractivity contribution in [2.24, 2.45) is 0 Å². The van der Waals surface area contributed by atoms with E-state index in [-0.39, 0.29) is 24.2 Å². The molecule has 0 bridgehead atoms. The third-order valence-corrected chi connectivity index (χ3v) is 5.58. The van der Waals surface area contributed by atoms with Gasteiger partial charge in [0.1, 0.15) is 11.6 Å². The monoisotopic (exact) mass is 482 g/mol. The van der Waals surface area contributed by atoms with Crippen molar-refractivity contribution in [3.05, 3.63) is 93.7 Å². The summed E-state index contributed by atoms with van der Waals surface area (Å²) in [4.78, 5) is 27.0. The minimum atomic E-state index is -0.371. The highest BCUT2D eigenvalue weighted by Crippen LogP contribution is 2.29. The Bertz CT molecular complexity index is 1100. The Morgan fingerprint density at radius 3 is 2.55 bits per heavy atom. The van der Waals surface area contributed by atoms with Gasteiger partial charge in [-0.05, 0) is 60.5 Å². The maximum atomic E-state index is 13.0. The number of fused-ring (bicyclic) bond motifs is 1. The molecule has 0 spiro atoms. The number of carbonyl (C=O) groups is 2. The highest BCUT2D eigenvalue weighted by molar-refractivity contribution is 9.10. The largest absolute Gasteiger partial charge is 0.483 e. The van der Waals surface area contributed by atoms with Crippen molar-refractivity contribution >= 4 is 33.4 Å². The Morgan fingerprint density at radius 1 is 1.06 bits per heavy atom. The molecule has 3 aromatic rings. The number of benzene rings is 3. The van der Waals surface area contributed by atoms with Gasteiger partial charge in [0, 0.05) is 34.4 Å². The smallest absolute Gasteiger partial charge is 0.262 e. The van der Waals surface area contributed by atoms with Crippen molar-refractivity contribution < 1.29 is 18.7 Å². The number of nitrogens with one attached hydrogen (secondary N) is 1. The number of hydrogen-bond acceptors (Lipinski definition) is 3. The molecule has 2 amide bonds. The molecule has 0 aliphatic carbocycles. The molecule has 0 saturated carbocycles. The van der Waals surface area contributed by atoms with Gasteiger partial charge in [0.25, 0.3) is 11.8 Å². The van der Waals surface area contributed by atoms with E-state index >= 15 is 0 Å². The van der Waals surface area contributed by atoms with Gasteiger partial charge in [0.2, 0.25) is 0 Å². The van der Waals surface area contributed by atoms with Gasteiger partial charge in [-0.15, -0.1) is 0 Å². The first kappa shape index (κ1) is 21.1. The first-order chi connectivity index (χ1) is 15.0. The summed E-state index contributed by atoms with van der Waals surface area (Å²) in [7, 11) is 0. The lowest BCUT2D eigenvalue weighted by atomic mass is 9.97. The second-order valence-corrected chi connectivity index (χ2v) is 8.14. The van der Waals surface area contributed by atoms with Gasteiger partial charge in [-0.2, -0.15) is 0 Å². The molecule has 0 saturated heterocycles. The number of anilines is 1. The fraction of sp³-hybridized carbons (Fsp3) is 0.167. The standard InChI is InChI=1S/C24H20BrFN2O3/c25-17-6-4-16(5-7-17)14-28-13-12-20-21(24(28)30)2-1-3-22(20)31-15-23(29)27-19-10-8-18(26)9-11-19/h1-11H,12-15H2,(H,27,29). The van der Waals surface area contributed by atoms with Crippen molar-refractivity contribution in [2.45, 2.75) is 13.0 Å². The van der Waals surface area contributed by atoms with Crippen LogP contribution >= 0.6 is 15.9 Å². The third-order valence-electron chi connectivity index (χ3n) is 5.06. The zero-order chi connectivity index (χ0) is 21.8. The van der Waals surface area contributed by atoms with Crippen molar-refractivity contribution in [3.8, 4) is 5.75 Å². The molecule has 0 aromatic heterocycles. The number of hydrogen-bond donors (Lipinski definition) is 1. The lowest BCUT2D eigenvalue weighted by Crippen LogP contribution is -2.37. The Balaban J connectivity index is 1.41. The van der Waals surface area contributed by atoms with Crippen LogP contribution in [0.2, 0.25) is 0 Å². The first-order valence-corrected chi connectivity index (χ1v) is 10.6. The molecule has 0 unspecified atom stereocenters. The summed E-state index contributed by atoms with van der Waals surface area (Å²) in [5.41, 5.74) is 2.96. The number of nitrogens with zero attached hydrogens (tertiary/aromatic N) is 1. The number of ether oxygens (including phenoxy) is 1. The average Bonchev–Trinajstić information content (AvgIpc) is 2.77. The maximum Gasteiger partial charge on any atom is 0.262 e. The minimum absolute atomic E-state index is 0.0506. The van der Waals surface area contributed by atoms with Crippen LogP contribution in [0.4, 0.5) is 10.1 Å². The molecule has 1 aliphatic heterocycles. The summed E-state index contributed by atoms with van der Waals surface area (Å²) in [5, 5.41) is 2.66. The van der Waals surface area contributed by atoms with Crippen LogP contribution in [0.3, 0.4) is 0 Å². The molecular weight excluding hydrogens is 463 g/mol. The molecular formula is C24H20BrFN2O3. The van der Waals surface area contributed by atoms with E-state index in [1.54, 1.807) is 18.2 Å². The topological polar surface area (TPSA) is 58.6 Å². The van der Waals surface area contributed by atoms with Crippen LogP contribution in [0.25, 0.3) is 0 Å². The highest BCUT2D eigenvalue weighted by Gasteiger charge is 2.26. The van der Waals surface area contributed by atoms with Gasteiger partial charge >= 0.3 is 0 Å². The van der Waals surface area contributed by atoms with E-state index in [9.17, 15) is 14.0 Å². The molecule has 4 rings (SSSR count). The highest BCUT2D eigenvalue weighted by atomic mass is 79.9. The lowest BCUT2D eigenvalue weighted by molar-refractivity contribution is -0.118. The lowest BCUT2D eigenvalue weighted by Gasteiger charge is -2.29. The fourth-order valence-electron chi connectivity index (χ4n) is 3.51. The molecule has 1 aliphatic rings. The molecule has 0 atom stereocenters. The van der Waals surface area contributed by atoms with Crippen LogP contribution in [-0.4, -0.2) is 29.9 Å². The first-order valence-electron chi connectivity index (χ1n) is 9.83. The van der Waals surface area contributed by atoms with Crippen molar-refractivity contribution in [2.75, 3.05) is 18.5 Å². The Hall–Kier alpha value is -3.19. The van der Waals surface area contributed by atoms with Crippen LogP contribution < -0.4 is 10.1 Å². The third kappa shape index (κ3) is 5.11. The minimum Gasteiger partial charge on any atom is -0.483 e. The summed E-state index contributed by atoms with van der Waals surface area (Å²) < 4.78 is 19.7. The summed E-state index contributed by atoms with van der Waals surface area (Å²) in [6.45, 7) is 0.908. The number of carbonyl (C=O) groups excluding carboxylic acids is 2. The van der Waals surface area contributed by atoms with Gasteiger partial charge < -0.3 is 15.0 Å². The van der Waals surface area contributed by atoms with Crippen LogP contribution in [0, 0.1) is 5.82 Å². The average molecular weight is 483 g/mol. The Morgan fingerprint density at radius 2 is 1.81 bits per heavy atom. The Labute approximate surface area is 188 Å². The molecule has 1 heterocycles. The summed E-state index contributed by atoms with van der Waals surface area (Å²) in [5.74, 6) is -0.249. The zero-order valence-corrected chi connectivity index (χ0v) is 18.2. The van der Waals surface area contributed by atoms with Crippen LogP contribution in [0.1, 0.15) is 21.5 Å². The summed E-state index contributed by atoms with van der Waals surface area (Å²) >= 11 is 3.42. The van der Waals surface area contributed by atoms with E-state index in [4.69, 9.17) is 4.74 Å². The fourth-order valence-corrected chi connectivity index (χ4v) is 3.78. The zero-order valence-electron chi connectivity index (χ0n) is 16.6. The maximum absolute atomic E-state index is 13.0. The number of halogens is 2. The molecule has 158 valence electrons. The van der Waals surface area contributed by atoms with E-state index < -0.39 is 0 Å². The summed E-state index contributed by atoms with van der Waals surface area (Å²) in [6, 6.07) is 18.7. The second kappa shape index (κ2) is 9.31. The molecule has 31 heavy (non-hydrogen) atoms. The van der Waals surface area contributed by atoms with Crippen molar-refractivity contribution in [1.82, 2.24) is 4.90 Å². The normalized spacial score (nSPS) is 13.0. The molecule has 0 fully saturated rings. The van der Waals surface area contributed by atoms with E-state index in [2.05, 4.69) is 21.2 Å². The van der Waals surface area contributed by atoms with E-state index in [0.717, 1.165) is 15.6 Å².